The third kappa shape index (κ3) is 6.81. The van der Waals surface area contributed by atoms with E-state index in [9.17, 15) is 47.4 Å². The predicted octanol–water partition coefficient (Wildman–Crippen LogP) is 15.0. The van der Waals surface area contributed by atoms with Gasteiger partial charge in [-0.15, -0.1) is 0 Å². The van der Waals surface area contributed by atoms with Crippen LogP contribution in [0.15, 0.2) is 152 Å². The lowest BCUT2D eigenvalue weighted by atomic mass is 9.94. The molecule has 322 valence electrons. The Morgan fingerprint density at radius 3 is 1.35 bits per heavy atom. The Morgan fingerprint density at radius 1 is 0.426 bits per heavy atom. The van der Waals surface area contributed by atoms with Crippen LogP contribution in [0, 0.1) is 51.9 Å². The Hall–Kier alpha value is -9.61. The van der Waals surface area contributed by atoms with Gasteiger partial charge >= 0.3 is 12.4 Å². The van der Waals surface area contributed by atoms with Gasteiger partial charge in [-0.3, -0.25) is 0 Å². The topological polar surface area (TPSA) is 109 Å². The van der Waals surface area contributed by atoms with Crippen molar-refractivity contribution in [2.24, 2.45) is 0 Å². The van der Waals surface area contributed by atoms with Gasteiger partial charge in [0.1, 0.15) is 0 Å². The maximum absolute atomic E-state index is 15.0. The maximum atomic E-state index is 15.0. The molecule has 2 heterocycles. The first-order chi connectivity index (χ1) is 32.8. The Labute approximate surface area is 382 Å². The normalized spacial score (nSPS) is 11.6. The molecule has 7 nitrogen and oxygen atoms in total. The molecular formula is C55H25F6N7. The first kappa shape index (κ1) is 42.3. The zero-order valence-corrected chi connectivity index (χ0v) is 34.8. The lowest BCUT2D eigenvalue weighted by molar-refractivity contribution is -0.142. The summed E-state index contributed by atoms with van der Waals surface area (Å²) < 4.78 is 90.6. The Morgan fingerprint density at radius 2 is 0.897 bits per heavy atom. The summed E-state index contributed by atoms with van der Waals surface area (Å²) in [5.41, 5.74) is 2.46. The number of nitriles is 4. The van der Waals surface area contributed by atoms with E-state index in [1.165, 1.54) is 24.3 Å². The van der Waals surface area contributed by atoms with Crippen molar-refractivity contribution in [3.8, 4) is 69.0 Å². The van der Waals surface area contributed by atoms with Gasteiger partial charge in [-0.1, -0.05) is 66.7 Å². The van der Waals surface area contributed by atoms with E-state index in [-0.39, 0.29) is 34.1 Å². The number of alkyl halides is 6. The van der Waals surface area contributed by atoms with Crippen LogP contribution < -0.4 is 0 Å². The van der Waals surface area contributed by atoms with Gasteiger partial charge in [0.25, 0.3) is 0 Å². The molecule has 0 fully saturated rings. The van der Waals surface area contributed by atoms with Crippen LogP contribution in [-0.2, 0) is 12.4 Å². The quantitative estimate of drug-likeness (QED) is 0.127. The second kappa shape index (κ2) is 15.8. The smallest absolute Gasteiger partial charge is 0.308 e. The van der Waals surface area contributed by atoms with E-state index in [1.54, 1.807) is 42.5 Å². The molecule has 0 saturated carbocycles. The number of rotatable bonds is 5. The Balaban J connectivity index is 1.32. The number of halogens is 6. The minimum Gasteiger partial charge on any atom is -0.308 e. The summed E-state index contributed by atoms with van der Waals surface area (Å²) in [5, 5.41) is 42.0. The van der Waals surface area contributed by atoms with Crippen LogP contribution in [0.1, 0.15) is 33.4 Å². The number of fused-ring (bicyclic) bond motifs is 6. The largest absolute Gasteiger partial charge is 0.416 e. The van der Waals surface area contributed by atoms with Crippen LogP contribution in [0.25, 0.3) is 93.2 Å². The van der Waals surface area contributed by atoms with Crippen molar-refractivity contribution in [2.45, 2.75) is 12.4 Å². The van der Waals surface area contributed by atoms with E-state index in [0.29, 0.717) is 78.0 Å². The number of aromatic nitrogens is 2. The van der Waals surface area contributed by atoms with Crippen molar-refractivity contribution in [3.05, 3.63) is 196 Å². The average molecular weight is 898 g/mol. The maximum Gasteiger partial charge on any atom is 0.416 e. The molecule has 0 saturated heterocycles. The van der Waals surface area contributed by atoms with Gasteiger partial charge in [0.05, 0.1) is 97.7 Å². The predicted molar refractivity (Wildman–Crippen MR) is 247 cm³/mol. The van der Waals surface area contributed by atoms with Crippen LogP contribution in [0.2, 0.25) is 0 Å². The third-order valence-corrected chi connectivity index (χ3v) is 12.1. The SMILES string of the molecule is [C-]#[N+]c1cc(-n2c3ccccc3c3cc(-c4ccc(C#N)cc4C#N)ccc32)c(-n2c3ccccc3c3cc(-c4ccc(C#N)cc4C#N)ccc32)cc1-c1ccc(C(F)(F)F)cc1C(F)(F)F. The minimum absolute atomic E-state index is 0.0629. The summed E-state index contributed by atoms with van der Waals surface area (Å²) in [6.07, 6.45) is -10.3. The highest BCUT2D eigenvalue weighted by Gasteiger charge is 2.39. The zero-order chi connectivity index (χ0) is 47.6. The number of nitrogens with zero attached hydrogens (tertiary/aromatic N) is 7. The molecule has 13 heteroatoms. The van der Waals surface area contributed by atoms with Gasteiger partial charge in [0.15, 0.2) is 5.69 Å². The van der Waals surface area contributed by atoms with Crippen molar-refractivity contribution < 1.29 is 26.3 Å². The summed E-state index contributed by atoms with van der Waals surface area (Å²) >= 11 is 0. The van der Waals surface area contributed by atoms with Crippen LogP contribution >= 0.6 is 0 Å². The highest BCUT2D eigenvalue weighted by Crippen LogP contribution is 2.48. The molecule has 2 aromatic heterocycles. The summed E-state index contributed by atoms with van der Waals surface area (Å²) in [5.74, 6) is 0. The fourth-order valence-electron chi connectivity index (χ4n) is 9.14. The van der Waals surface area contributed by atoms with Crippen LogP contribution in [0.3, 0.4) is 0 Å². The summed E-state index contributed by atoms with van der Waals surface area (Å²) in [6, 6.07) is 48.0. The van der Waals surface area contributed by atoms with Gasteiger partial charge in [-0.25, -0.2) is 4.85 Å². The number of benzene rings is 8. The minimum atomic E-state index is -5.25. The molecule has 0 N–H and O–H groups in total. The molecule has 8 aromatic carbocycles. The first-order valence-electron chi connectivity index (χ1n) is 20.6. The van der Waals surface area contributed by atoms with Crippen molar-refractivity contribution in [2.75, 3.05) is 0 Å². The fourth-order valence-corrected chi connectivity index (χ4v) is 9.14. The number of hydrogen-bond donors (Lipinski definition) is 0. The van der Waals surface area contributed by atoms with Crippen molar-refractivity contribution in [1.29, 1.82) is 21.0 Å². The Bertz CT molecular complexity index is 4020. The molecule has 10 aromatic rings. The van der Waals surface area contributed by atoms with E-state index in [4.69, 9.17) is 6.57 Å². The molecule has 0 aliphatic carbocycles. The lowest BCUT2D eigenvalue weighted by Gasteiger charge is -2.21. The molecule has 0 aliphatic heterocycles. The molecule has 0 unspecified atom stereocenters. The monoisotopic (exact) mass is 897 g/mol. The molecule has 0 spiro atoms. The summed E-state index contributed by atoms with van der Waals surface area (Å²) in [7, 11) is 0. The lowest BCUT2D eigenvalue weighted by Crippen LogP contribution is -2.12. The molecule has 10 rings (SSSR count). The second-order valence-corrected chi connectivity index (χ2v) is 15.9. The highest BCUT2D eigenvalue weighted by atomic mass is 19.4. The molecule has 0 amide bonds. The van der Waals surface area contributed by atoms with E-state index in [2.05, 4.69) is 23.1 Å². The molecule has 0 radical (unpaired) electrons. The number of hydrogen-bond acceptors (Lipinski definition) is 4. The fraction of sp³-hybridized carbons (Fsp3) is 0.0364. The van der Waals surface area contributed by atoms with Crippen molar-refractivity contribution in [1.82, 2.24) is 9.13 Å². The zero-order valence-electron chi connectivity index (χ0n) is 34.8. The van der Waals surface area contributed by atoms with Crippen LogP contribution in [0.5, 0.6) is 0 Å². The van der Waals surface area contributed by atoms with Crippen molar-refractivity contribution >= 4 is 49.3 Å². The van der Waals surface area contributed by atoms with Gasteiger partial charge < -0.3 is 9.13 Å². The number of para-hydroxylation sites is 2. The summed E-state index contributed by atoms with van der Waals surface area (Å²) in [6.45, 7) is 8.37. The van der Waals surface area contributed by atoms with Crippen LogP contribution in [-0.4, -0.2) is 9.13 Å². The van der Waals surface area contributed by atoms with Gasteiger partial charge in [-0.05, 0) is 118 Å². The molecule has 0 atom stereocenters. The van der Waals surface area contributed by atoms with E-state index < -0.39 is 29.0 Å². The van der Waals surface area contributed by atoms with E-state index in [0.717, 1.165) is 16.8 Å². The van der Waals surface area contributed by atoms with Gasteiger partial charge in [0.2, 0.25) is 0 Å². The molecule has 0 bridgehead atoms. The average Bonchev–Trinajstić information content (AvgIpc) is 3.86. The van der Waals surface area contributed by atoms with E-state index in [1.807, 2.05) is 81.9 Å². The molecular weight excluding hydrogens is 873 g/mol. The standard InChI is InChI=1S/C55H25F6N7/c1-66-47-26-53(68-49-9-5-3-7-42(49)45-23-34(13-19-51(45)68)39-16-11-32(28-63)21-36(39)30-65)52(25-43(47)40-17-14-37(54(56,57)58)24-46(40)55(59,60)61)67-48-8-4-2-6-41(48)44-22-33(12-18-50(44)67)38-15-10-31(27-62)20-35(38)29-64/h2-26H. The molecule has 0 aliphatic rings. The van der Waals surface area contributed by atoms with Gasteiger partial charge in [0, 0.05) is 21.5 Å². The first-order valence-corrected chi connectivity index (χ1v) is 20.6. The van der Waals surface area contributed by atoms with Crippen molar-refractivity contribution in [3.63, 3.8) is 0 Å². The van der Waals surface area contributed by atoms with Crippen LogP contribution in [0.4, 0.5) is 32.0 Å². The van der Waals surface area contributed by atoms with E-state index >= 15 is 0 Å². The third-order valence-electron chi connectivity index (χ3n) is 12.1. The summed E-state index contributed by atoms with van der Waals surface area (Å²) in [4.78, 5) is 3.72. The Kier molecular flexibility index (Phi) is 9.85. The highest BCUT2D eigenvalue weighted by molar-refractivity contribution is 6.13. The molecule has 68 heavy (non-hydrogen) atoms. The van der Waals surface area contributed by atoms with Gasteiger partial charge in [-0.2, -0.15) is 47.4 Å². The second-order valence-electron chi connectivity index (χ2n) is 15.9.